The average Bonchev–Trinajstić information content (AvgIpc) is 2.66. The molecule has 1 aromatic heterocycles. The molecule has 4 nitrogen and oxygen atoms in total. The smallest absolute Gasteiger partial charge is 0.270 e. The minimum absolute atomic E-state index is 0.0820. The molecule has 21 heavy (non-hydrogen) atoms. The Morgan fingerprint density at radius 2 is 1.86 bits per heavy atom. The summed E-state index contributed by atoms with van der Waals surface area (Å²) < 4.78 is 9.03. The lowest BCUT2D eigenvalue weighted by Crippen LogP contribution is -2.58. The normalized spacial score (nSPS) is 20.6. The molecular formula is C16H25BrN2O2. The third kappa shape index (κ3) is 3.89. The summed E-state index contributed by atoms with van der Waals surface area (Å²) in [6, 6.07) is 1.91. The van der Waals surface area contributed by atoms with Crippen molar-refractivity contribution >= 4 is 21.8 Å². The highest BCUT2D eigenvalue weighted by Crippen LogP contribution is 2.29. The molecule has 0 atom stereocenters. The third-order valence-corrected chi connectivity index (χ3v) is 3.96. The summed E-state index contributed by atoms with van der Waals surface area (Å²) in [6.45, 7) is 12.3. The zero-order chi connectivity index (χ0) is 15.8. The zero-order valence-electron chi connectivity index (χ0n) is 13.6. The number of carbonyl (C=O) groups is 1. The Balaban J connectivity index is 2.27. The third-order valence-electron chi connectivity index (χ3n) is 3.53. The molecule has 0 radical (unpaired) electrons. The van der Waals surface area contributed by atoms with Crippen LogP contribution < -0.4 is 0 Å². The molecule has 1 saturated heterocycles. The lowest BCUT2D eigenvalue weighted by atomic mass is 9.98. The zero-order valence-corrected chi connectivity index (χ0v) is 15.2. The molecule has 5 heteroatoms. The van der Waals surface area contributed by atoms with E-state index in [-0.39, 0.29) is 17.1 Å². The number of halogens is 1. The molecule has 1 fully saturated rings. The molecule has 1 aliphatic rings. The maximum Gasteiger partial charge on any atom is 0.270 e. The van der Waals surface area contributed by atoms with Gasteiger partial charge in [0.15, 0.2) is 0 Å². The van der Waals surface area contributed by atoms with Crippen molar-refractivity contribution in [2.75, 3.05) is 13.1 Å². The number of carbonyl (C=O) groups excluding carboxylic acids is 1. The lowest BCUT2D eigenvalue weighted by Gasteiger charge is -2.47. The molecule has 0 spiro atoms. The van der Waals surface area contributed by atoms with Gasteiger partial charge in [-0.15, -0.1) is 0 Å². The van der Waals surface area contributed by atoms with Gasteiger partial charge in [0, 0.05) is 30.3 Å². The predicted molar refractivity (Wildman–Crippen MR) is 87.6 cm³/mol. The van der Waals surface area contributed by atoms with E-state index in [2.05, 4.69) is 22.9 Å². The van der Waals surface area contributed by atoms with E-state index in [1.54, 1.807) is 0 Å². The first kappa shape index (κ1) is 16.6. The van der Waals surface area contributed by atoms with Gasteiger partial charge in [-0.05, 0) is 56.1 Å². The van der Waals surface area contributed by atoms with Crippen molar-refractivity contribution in [2.45, 2.75) is 58.8 Å². The molecule has 1 aliphatic heterocycles. The van der Waals surface area contributed by atoms with Crippen molar-refractivity contribution in [3.63, 3.8) is 0 Å². The van der Waals surface area contributed by atoms with Crippen LogP contribution in [0.4, 0.5) is 0 Å². The molecule has 0 bridgehead atoms. The van der Waals surface area contributed by atoms with Gasteiger partial charge in [-0.2, -0.15) is 0 Å². The standard InChI is InChI=1S/C16H25BrN2O2/c1-6-7-18-9-12(17)8-13(18)14(20)19-10-15(2,3)21-16(4,5)11-19/h8-9H,6-7,10-11H2,1-5H3. The Morgan fingerprint density at radius 3 is 2.38 bits per heavy atom. The molecule has 0 aliphatic carbocycles. The minimum Gasteiger partial charge on any atom is -0.366 e. The second kappa shape index (κ2) is 5.76. The Labute approximate surface area is 135 Å². The Morgan fingerprint density at radius 1 is 1.29 bits per heavy atom. The fourth-order valence-electron chi connectivity index (χ4n) is 3.17. The predicted octanol–water partition coefficient (Wildman–Crippen LogP) is 3.69. The molecule has 0 unspecified atom stereocenters. The molecule has 1 aromatic rings. The van der Waals surface area contributed by atoms with Gasteiger partial charge in [-0.3, -0.25) is 4.79 Å². The highest BCUT2D eigenvalue weighted by Gasteiger charge is 2.40. The number of nitrogens with zero attached hydrogens (tertiary/aromatic N) is 2. The summed E-state index contributed by atoms with van der Waals surface area (Å²) in [7, 11) is 0. The molecule has 2 rings (SSSR count). The maximum absolute atomic E-state index is 12.9. The van der Waals surface area contributed by atoms with Crippen LogP contribution in [0, 0.1) is 0 Å². The highest BCUT2D eigenvalue weighted by atomic mass is 79.9. The number of hydrogen-bond acceptors (Lipinski definition) is 2. The summed E-state index contributed by atoms with van der Waals surface area (Å²) in [5.74, 6) is 0.0820. The first-order valence-electron chi connectivity index (χ1n) is 7.49. The first-order valence-corrected chi connectivity index (χ1v) is 8.28. The van der Waals surface area contributed by atoms with Gasteiger partial charge in [0.05, 0.1) is 11.2 Å². The lowest BCUT2D eigenvalue weighted by molar-refractivity contribution is -0.171. The molecule has 1 amide bonds. The Kier molecular flexibility index (Phi) is 4.54. The van der Waals surface area contributed by atoms with E-state index in [9.17, 15) is 4.79 Å². The number of amides is 1. The van der Waals surface area contributed by atoms with Crippen LogP contribution >= 0.6 is 15.9 Å². The Hall–Kier alpha value is -0.810. The number of ether oxygens (including phenoxy) is 1. The van der Waals surface area contributed by atoms with Crippen LogP contribution in [-0.4, -0.2) is 39.7 Å². The van der Waals surface area contributed by atoms with Crippen molar-refractivity contribution < 1.29 is 9.53 Å². The summed E-state index contributed by atoms with van der Waals surface area (Å²) >= 11 is 3.47. The molecule has 2 heterocycles. The van der Waals surface area contributed by atoms with Crippen LogP contribution in [0.3, 0.4) is 0 Å². The topological polar surface area (TPSA) is 34.5 Å². The first-order chi connectivity index (χ1) is 9.63. The summed E-state index contributed by atoms with van der Waals surface area (Å²) in [6.07, 6.45) is 2.98. The van der Waals surface area contributed by atoms with Crippen molar-refractivity contribution in [2.24, 2.45) is 0 Å². The van der Waals surface area contributed by atoms with Gasteiger partial charge < -0.3 is 14.2 Å². The van der Waals surface area contributed by atoms with Gasteiger partial charge >= 0.3 is 0 Å². The van der Waals surface area contributed by atoms with Gasteiger partial charge in [-0.1, -0.05) is 6.92 Å². The van der Waals surface area contributed by atoms with E-state index in [4.69, 9.17) is 4.74 Å². The number of rotatable bonds is 3. The van der Waals surface area contributed by atoms with Crippen molar-refractivity contribution in [3.8, 4) is 0 Å². The number of hydrogen-bond donors (Lipinski definition) is 0. The fourth-order valence-corrected chi connectivity index (χ4v) is 3.64. The minimum atomic E-state index is -0.323. The van der Waals surface area contributed by atoms with Crippen molar-refractivity contribution in [1.82, 2.24) is 9.47 Å². The van der Waals surface area contributed by atoms with Crippen LogP contribution in [0.15, 0.2) is 16.7 Å². The number of aromatic nitrogens is 1. The van der Waals surface area contributed by atoms with E-state index in [1.165, 1.54) is 0 Å². The summed E-state index contributed by atoms with van der Waals surface area (Å²) in [5, 5.41) is 0. The van der Waals surface area contributed by atoms with Crippen LogP contribution in [-0.2, 0) is 11.3 Å². The van der Waals surface area contributed by atoms with Crippen molar-refractivity contribution in [3.05, 3.63) is 22.4 Å². The molecule has 0 saturated carbocycles. The summed E-state index contributed by atoms with van der Waals surface area (Å²) in [5.41, 5.74) is 0.102. The molecular weight excluding hydrogens is 332 g/mol. The second-order valence-corrected chi connectivity index (χ2v) is 7.94. The van der Waals surface area contributed by atoms with Crippen LogP contribution in [0.5, 0.6) is 0 Å². The number of morpholine rings is 1. The van der Waals surface area contributed by atoms with Gasteiger partial charge in [0.25, 0.3) is 5.91 Å². The van der Waals surface area contributed by atoms with Crippen molar-refractivity contribution in [1.29, 1.82) is 0 Å². The van der Waals surface area contributed by atoms with E-state index >= 15 is 0 Å². The summed E-state index contributed by atoms with van der Waals surface area (Å²) in [4.78, 5) is 14.8. The van der Waals surface area contributed by atoms with Crippen LogP contribution in [0.25, 0.3) is 0 Å². The van der Waals surface area contributed by atoms with E-state index in [1.807, 2.05) is 49.4 Å². The molecule has 0 N–H and O–H groups in total. The van der Waals surface area contributed by atoms with Gasteiger partial charge in [0.2, 0.25) is 0 Å². The monoisotopic (exact) mass is 356 g/mol. The quantitative estimate of drug-likeness (QED) is 0.827. The largest absolute Gasteiger partial charge is 0.366 e. The maximum atomic E-state index is 12.9. The Bertz CT molecular complexity index is 518. The van der Waals surface area contributed by atoms with Gasteiger partial charge in [0.1, 0.15) is 5.69 Å². The van der Waals surface area contributed by atoms with Gasteiger partial charge in [-0.25, -0.2) is 0 Å². The average molecular weight is 357 g/mol. The fraction of sp³-hybridized carbons (Fsp3) is 0.688. The highest BCUT2D eigenvalue weighted by molar-refractivity contribution is 9.10. The molecule has 118 valence electrons. The SMILES string of the molecule is CCCn1cc(Br)cc1C(=O)N1CC(C)(C)OC(C)(C)C1. The van der Waals surface area contributed by atoms with E-state index < -0.39 is 0 Å². The van der Waals surface area contributed by atoms with Crippen LogP contribution in [0.1, 0.15) is 51.5 Å². The molecule has 0 aromatic carbocycles. The second-order valence-electron chi connectivity index (χ2n) is 7.02. The van der Waals surface area contributed by atoms with E-state index in [0.29, 0.717) is 13.1 Å². The van der Waals surface area contributed by atoms with Crippen LogP contribution in [0.2, 0.25) is 0 Å². The number of aryl methyl sites for hydroxylation is 1. The van der Waals surface area contributed by atoms with E-state index in [0.717, 1.165) is 23.1 Å².